The molecule has 0 bridgehead atoms. The Morgan fingerprint density at radius 3 is 2.42 bits per heavy atom. The summed E-state index contributed by atoms with van der Waals surface area (Å²) in [5.74, 6) is 0.526. The van der Waals surface area contributed by atoms with E-state index in [1.807, 2.05) is 37.3 Å². The van der Waals surface area contributed by atoms with Gasteiger partial charge in [-0.2, -0.15) is 0 Å². The van der Waals surface area contributed by atoms with Gasteiger partial charge in [-0.25, -0.2) is 4.98 Å². The fourth-order valence-corrected chi connectivity index (χ4v) is 5.35. The van der Waals surface area contributed by atoms with Gasteiger partial charge in [0.1, 0.15) is 5.75 Å². The first-order valence-corrected chi connectivity index (χ1v) is 11.9. The zero-order valence-corrected chi connectivity index (χ0v) is 19.4. The number of nitrogens with zero attached hydrogens (tertiary/aromatic N) is 2. The summed E-state index contributed by atoms with van der Waals surface area (Å²) in [4.78, 5) is 19.8. The summed E-state index contributed by atoms with van der Waals surface area (Å²) in [6, 6.07) is 25.2. The molecule has 0 fully saturated rings. The summed E-state index contributed by atoms with van der Waals surface area (Å²) in [6.07, 6.45) is 2.05. The third-order valence-electron chi connectivity index (χ3n) is 5.81. The van der Waals surface area contributed by atoms with E-state index in [0.29, 0.717) is 22.6 Å². The van der Waals surface area contributed by atoms with Crippen LogP contribution in [0.25, 0.3) is 37.6 Å². The summed E-state index contributed by atoms with van der Waals surface area (Å²) >= 11 is 1.59. The van der Waals surface area contributed by atoms with Crippen molar-refractivity contribution in [2.24, 2.45) is 0 Å². The first-order chi connectivity index (χ1) is 16.1. The van der Waals surface area contributed by atoms with Gasteiger partial charge in [-0.1, -0.05) is 55.8 Å². The molecule has 164 valence electrons. The molecule has 0 aliphatic carbocycles. The summed E-state index contributed by atoms with van der Waals surface area (Å²) in [5, 5.41) is 11.7. The van der Waals surface area contributed by atoms with Crippen molar-refractivity contribution in [2.45, 2.75) is 26.7 Å². The second-order valence-electron chi connectivity index (χ2n) is 8.12. The molecule has 5 heteroatoms. The lowest BCUT2D eigenvalue weighted by Crippen LogP contribution is -2.24. The third kappa shape index (κ3) is 3.85. The molecule has 33 heavy (non-hydrogen) atoms. The molecule has 0 atom stereocenters. The van der Waals surface area contributed by atoms with E-state index in [4.69, 9.17) is 4.98 Å². The van der Waals surface area contributed by atoms with Gasteiger partial charge in [-0.3, -0.25) is 9.36 Å². The Morgan fingerprint density at radius 2 is 1.70 bits per heavy atom. The van der Waals surface area contributed by atoms with Crippen LogP contribution in [-0.4, -0.2) is 14.7 Å². The molecule has 4 nitrogen and oxygen atoms in total. The standard InChI is InChI=1S/C28H24N2O2S/c1-3-8-19-13-15-21(16-14-19)30-27(22-10-5-6-11-23(22)31)29-18(2)26(28(30)32)25-17-20-9-4-7-12-24(20)33-25/h4-7,9-17,31H,3,8H2,1-2H3. The monoisotopic (exact) mass is 452 g/mol. The summed E-state index contributed by atoms with van der Waals surface area (Å²) in [5.41, 5.74) is 3.57. The van der Waals surface area contributed by atoms with E-state index in [1.165, 1.54) is 5.56 Å². The molecule has 0 aliphatic rings. The SMILES string of the molecule is CCCc1ccc(-n2c(-c3ccccc3O)nc(C)c(-c3cc4ccccc4s3)c2=O)cc1. The highest BCUT2D eigenvalue weighted by molar-refractivity contribution is 7.22. The van der Waals surface area contributed by atoms with E-state index in [1.54, 1.807) is 34.1 Å². The van der Waals surface area contributed by atoms with Gasteiger partial charge >= 0.3 is 0 Å². The normalized spacial score (nSPS) is 11.2. The van der Waals surface area contributed by atoms with Crippen molar-refractivity contribution in [3.8, 4) is 33.3 Å². The Labute approximate surface area is 196 Å². The lowest BCUT2D eigenvalue weighted by atomic mass is 10.1. The van der Waals surface area contributed by atoms with E-state index in [2.05, 4.69) is 37.3 Å². The van der Waals surface area contributed by atoms with Crippen molar-refractivity contribution in [2.75, 3.05) is 0 Å². The van der Waals surface area contributed by atoms with Crippen LogP contribution in [0.5, 0.6) is 5.75 Å². The number of aromatic nitrogens is 2. The van der Waals surface area contributed by atoms with Crippen LogP contribution < -0.4 is 5.56 Å². The van der Waals surface area contributed by atoms with Gasteiger partial charge in [0.15, 0.2) is 5.82 Å². The van der Waals surface area contributed by atoms with Gasteiger partial charge in [-0.15, -0.1) is 11.3 Å². The third-order valence-corrected chi connectivity index (χ3v) is 6.95. The predicted molar refractivity (Wildman–Crippen MR) is 136 cm³/mol. The second-order valence-corrected chi connectivity index (χ2v) is 9.20. The molecule has 0 spiro atoms. The van der Waals surface area contributed by atoms with Crippen LogP contribution in [0, 0.1) is 6.92 Å². The van der Waals surface area contributed by atoms with Crippen LogP contribution in [0.2, 0.25) is 0 Å². The second kappa shape index (κ2) is 8.68. The highest BCUT2D eigenvalue weighted by Crippen LogP contribution is 2.35. The molecule has 0 aliphatic heterocycles. The molecule has 5 rings (SSSR count). The molecule has 0 amide bonds. The number of hydrogen-bond acceptors (Lipinski definition) is 4. The molecule has 2 aromatic heterocycles. The van der Waals surface area contributed by atoms with Gasteiger partial charge in [-0.05, 0) is 60.7 Å². The average molecular weight is 453 g/mol. The Kier molecular flexibility index (Phi) is 5.56. The van der Waals surface area contributed by atoms with E-state index in [9.17, 15) is 9.90 Å². The lowest BCUT2D eigenvalue weighted by molar-refractivity contribution is 0.476. The Balaban J connectivity index is 1.79. The number of para-hydroxylation sites is 1. The smallest absolute Gasteiger partial charge is 0.267 e. The number of rotatable bonds is 5. The Hall–Kier alpha value is -3.70. The number of thiophene rings is 1. The van der Waals surface area contributed by atoms with Gasteiger partial charge < -0.3 is 5.11 Å². The van der Waals surface area contributed by atoms with Crippen molar-refractivity contribution >= 4 is 21.4 Å². The summed E-state index contributed by atoms with van der Waals surface area (Å²) in [6.45, 7) is 4.01. The number of phenolic OH excluding ortho intramolecular Hbond substituents is 1. The Morgan fingerprint density at radius 1 is 0.970 bits per heavy atom. The maximum absolute atomic E-state index is 14.0. The first-order valence-electron chi connectivity index (χ1n) is 11.1. The summed E-state index contributed by atoms with van der Waals surface area (Å²) in [7, 11) is 0. The first kappa shape index (κ1) is 21.2. The van der Waals surface area contributed by atoms with Crippen LogP contribution in [0.4, 0.5) is 0 Å². The van der Waals surface area contributed by atoms with Gasteiger partial charge in [0, 0.05) is 9.58 Å². The van der Waals surface area contributed by atoms with Crippen molar-refractivity contribution in [1.82, 2.24) is 9.55 Å². The topological polar surface area (TPSA) is 55.1 Å². The van der Waals surface area contributed by atoms with E-state index in [-0.39, 0.29) is 11.3 Å². The fourth-order valence-electron chi connectivity index (χ4n) is 4.20. The van der Waals surface area contributed by atoms with Crippen LogP contribution in [0.1, 0.15) is 24.6 Å². The minimum atomic E-state index is -0.143. The maximum Gasteiger partial charge on any atom is 0.267 e. The minimum Gasteiger partial charge on any atom is -0.507 e. The number of phenols is 1. The van der Waals surface area contributed by atoms with Crippen LogP contribution in [0.15, 0.2) is 83.7 Å². The highest BCUT2D eigenvalue weighted by atomic mass is 32.1. The van der Waals surface area contributed by atoms with E-state index < -0.39 is 0 Å². The number of aryl methyl sites for hydroxylation is 2. The van der Waals surface area contributed by atoms with Crippen LogP contribution >= 0.6 is 11.3 Å². The molecule has 2 heterocycles. The lowest BCUT2D eigenvalue weighted by Gasteiger charge is -2.17. The predicted octanol–water partition coefficient (Wildman–Crippen LogP) is 6.75. The quantitative estimate of drug-likeness (QED) is 0.321. The number of benzene rings is 3. The highest BCUT2D eigenvalue weighted by Gasteiger charge is 2.21. The number of hydrogen-bond donors (Lipinski definition) is 1. The molecule has 0 saturated carbocycles. The Bertz CT molecular complexity index is 1480. The maximum atomic E-state index is 14.0. The molecule has 0 radical (unpaired) electrons. The van der Waals surface area contributed by atoms with Crippen molar-refractivity contribution in [1.29, 1.82) is 0 Å². The molecule has 5 aromatic rings. The van der Waals surface area contributed by atoms with Gasteiger partial charge in [0.25, 0.3) is 5.56 Å². The van der Waals surface area contributed by atoms with Gasteiger partial charge in [0.2, 0.25) is 0 Å². The molecular weight excluding hydrogens is 428 g/mol. The number of aromatic hydroxyl groups is 1. The fraction of sp³-hybridized carbons (Fsp3) is 0.143. The molecule has 3 aromatic carbocycles. The largest absolute Gasteiger partial charge is 0.507 e. The van der Waals surface area contributed by atoms with Crippen molar-refractivity contribution in [3.63, 3.8) is 0 Å². The molecule has 0 unspecified atom stereocenters. The van der Waals surface area contributed by atoms with Crippen molar-refractivity contribution < 1.29 is 5.11 Å². The van der Waals surface area contributed by atoms with Crippen LogP contribution in [0.3, 0.4) is 0 Å². The van der Waals surface area contributed by atoms with Crippen LogP contribution in [-0.2, 0) is 6.42 Å². The van der Waals surface area contributed by atoms with Gasteiger partial charge in [0.05, 0.1) is 22.5 Å². The van der Waals surface area contributed by atoms with E-state index in [0.717, 1.165) is 33.5 Å². The minimum absolute atomic E-state index is 0.0924. The molecule has 1 N–H and O–H groups in total. The number of fused-ring (bicyclic) bond motifs is 1. The molecular formula is C28H24N2O2S. The van der Waals surface area contributed by atoms with E-state index >= 15 is 0 Å². The zero-order valence-electron chi connectivity index (χ0n) is 18.6. The average Bonchev–Trinajstić information content (AvgIpc) is 3.24. The zero-order chi connectivity index (χ0) is 22.9. The molecule has 0 saturated heterocycles. The summed E-state index contributed by atoms with van der Waals surface area (Å²) < 4.78 is 2.75. The van der Waals surface area contributed by atoms with Crippen molar-refractivity contribution in [3.05, 3.63) is 100 Å².